The van der Waals surface area contributed by atoms with Crippen molar-refractivity contribution in [1.82, 2.24) is 9.97 Å². The highest BCUT2D eigenvalue weighted by atomic mass is 16.5. The van der Waals surface area contributed by atoms with Gasteiger partial charge in [-0.25, -0.2) is 0 Å². The molecule has 1 aromatic carbocycles. The van der Waals surface area contributed by atoms with Gasteiger partial charge in [-0.15, -0.1) is 0 Å². The van der Waals surface area contributed by atoms with E-state index in [1.165, 1.54) is 57.8 Å². The highest BCUT2D eigenvalue weighted by Crippen LogP contribution is 2.19. The van der Waals surface area contributed by atoms with E-state index in [4.69, 9.17) is 9.47 Å². The number of rotatable bonds is 17. The third-order valence-corrected chi connectivity index (χ3v) is 5.41. The molecule has 172 valence electrons. The molecule has 0 amide bonds. The van der Waals surface area contributed by atoms with Crippen molar-refractivity contribution in [2.45, 2.75) is 90.9 Å². The fraction of sp³-hybridized carbons (Fsp3) is 0.615. The lowest BCUT2D eigenvalue weighted by Gasteiger charge is -2.08. The van der Waals surface area contributed by atoms with E-state index in [9.17, 15) is 4.79 Å². The second kappa shape index (κ2) is 15.5. The molecule has 0 aliphatic carbocycles. The average Bonchev–Trinajstić information content (AvgIpc) is 2.79. The molecule has 0 bridgehead atoms. The third-order valence-electron chi connectivity index (χ3n) is 5.41. The maximum atomic E-state index is 12.3. The fourth-order valence-corrected chi connectivity index (χ4v) is 3.48. The normalized spacial score (nSPS) is 10.9. The Morgan fingerprint density at radius 1 is 0.742 bits per heavy atom. The van der Waals surface area contributed by atoms with Crippen molar-refractivity contribution in [3.63, 3.8) is 0 Å². The molecule has 5 heteroatoms. The van der Waals surface area contributed by atoms with E-state index < -0.39 is 0 Å². The van der Waals surface area contributed by atoms with E-state index in [1.807, 2.05) is 24.3 Å². The summed E-state index contributed by atoms with van der Waals surface area (Å²) in [5.41, 5.74) is 0.523. The minimum absolute atomic E-state index is 0.288. The van der Waals surface area contributed by atoms with Crippen molar-refractivity contribution in [3.8, 4) is 22.9 Å². The lowest BCUT2D eigenvalue weighted by molar-refractivity contribution is 0.299. The first-order chi connectivity index (χ1) is 15.2. The number of H-pyrrole nitrogens is 1. The molecule has 2 rings (SSSR count). The van der Waals surface area contributed by atoms with Crippen LogP contribution in [-0.2, 0) is 0 Å². The quantitative estimate of drug-likeness (QED) is 0.278. The van der Waals surface area contributed by atoms with Crippen molar-refractivity contribution in [3.05, 3.63) is 40.8 Å². The molecular weight excluding hydrogens is 388 g/mol. The zero-order valence-electron chi connectivity index (χ0n) is 19.5. The lowest BCUT2D eigenvalue weighted by Crippen LogP contribution is -2.13. The Hall–Kier alpha value is -2.30. The first kappa shape index (κ1) is 25.0. The van der Waals surface area contributed by atoms with Crippen molar-refractivity contribution < 1.29 is 9.47 Å². The van der Waals surface area contributed by atoms with Gasteiger partial charge in [-0.3, -0.25) is 4.79 Å². The monoisotopic (exact) mass is 428 g/mol. The van der Waals surface area contributed by atoms with Gasteiger partial charge < -0.3 is 14.5 Å². The highest BCUT2D eigenvalue weighted by molar-refractivity contribution is 5.56. The summed E-state index contributed by atoms with van der Waals surface area (Å²) in [7, 11) is 0. The Balaban J connectivity index is 1.73. The standard InChI is InChI=1S/C26H40N2O3/c1-3-5-7-9-11-13-19-30-23-17-15-22(16-18-23)25-27-21-24(26(29)28-25)31-20-14-12-10-8-6-4-2/h15-18,21H,3-14,19-20H2,1-2H3,(H,27,28,29). The van der Waals surface area contributed by atoms with E-state index in [1.54, 1.807) is 6.20 Å². The molecule has 0 unspecified atom stereocenters. The number of benzene rings is 1. The predicted octanol–water partition coefficient (Wildman–Crippen LogP) is 6.92. The van der Waals surface area contributed by atoms with E-state index in [0.29, 0.717) is 12.4 Å². The van der Waals surface area contributed by atoms with E-state index in [-0.39, 0.29) is 11.3 Å². The molecule has 0 fully saturated rings. The van der Waals surface area contributed by atoms with Crippen molar-refractivity contribution in [1.29, 1.82) is 0 Å². The van der Waals surface area contributed by atoms with Gasteiger partial charge in [0.05, 0.1) is 19.4 Å². The fourth-order valence-electron chi connectivity index (χ4n) is 3.48. The van der Waals surface area contributed by atoms with Gasteiger partial charge in [-0.1, -0.05) is 78.1 Å². The molecule has 1 N–H and O–H groups in total. The minimum Gasteiger partial charge on any atom is -0.494 e. The largest absolute Gasteiger partial charge is 0.494 e. The third kappa shape index (κ3) is 10.0. The number of aromatic amines is 1. The van der Waals surface area contributed by atoms with Gasteiger partial charge in [-0.2, -0.15) is 4.98 Å². The molecule has 2 aromatic rings. The topological polar surface area (TPSA) is 64.2 Å². The van der Waals surface area contributed by atoms with Crippen LogP contribution in [0.5, 0.6) is 11.5 Å². The summed E-state index contributed by atoms with van der Waals surface area (Å²) in [6.07, 6.45) is 16.3. The zero-order valence-corrected chi connectivity index (χ0v) is 19.5. The number of hydrogen-bond acceptors (Lipinski definition) is 4. The summed E-state index contributed by atoms with van der Waals surface area (Å²) in [4.78, 5) is 19.5. The molecule has 0 aliphatic heterocycles. The van der Waals surface area contributed by atoms with Crippen molar-refractivity contribution in [2.75, 3.05) is 13.2 Å². The molecule has 31 heavy (non-hydrogen) atoms. The SMILES string of the molecule is CCCCCCCCOc1ccc(-c2nc(=O)c(OCCCCCCCC)c[nH]2)cc1. The summed E-state index contributed by atoms with van der Waals surface area (Å²) in [6.45, 7) is 5.74. The Morgan fingerprint density at radius 3 is 1.87 bits per heavy atom. The van der Waals surface area contributed by atoms with Crippen LogP contribution in [0.15, 0.2) is 35.3 Å². The molecule has 0 spiro atoms. The summed E-state index contributed by atoms with van der Waals surface area (Å²) in [5, 5.41) is 0. The smallest absolute Gasteiger partial charge is 0.315 e. The van der Waals surface area contributed by atoms with Crippen LogP contribution in [0.2, 0.25) is 0 Å². The zero-order chi connectivity index (χ0) is 22.2. The van der Waals surface area contributed by atoms with Crippen LogP contribution < -0.4 is 15.0 Å². The number of ether oxygens (including phenoxy) is 2. The second-order valence-electron chi connectivity index (χ2n) is 8.18. The maximum absolute atomic E-state index is 12.3. The summed E-state index contributed by atoms with van der Waals surface area (Å²) >= 11 is 0. The Morgan fingerprint density at radius 2 is 1.29 bits per heavy atom. The Labute approximate surface area is 187 Å². The molecule has 0 radical (unpaired) electrons. The molecule has 1 heterocycles. The van der Waals surface area contributed by atoms with Crippen LogP contribution in [-0.4, -0.2) is 23.2 Å². The molecule has 0 atom stereocenters. The summed E-state index contributed by atoms with van der Waals surface area (Å²) in [6, 6.07) is 7.70. The van der Waals surface area contributed by atoms with Gasteiger partial charge in [0.1, 0.15) is 11.6 Å². The van der Waals surface area contributed by atoms with Gasteiger partial charge in [-0.05, 0) is 37.1 Å². The number of nitrogens with zero attached hydrogens (tertiary/aromatic N) is 1. The van der Waals surface area contributed by atoms with Crippen molar-refractivity contribution in [2.24, 2.45) is 0 Å². The molecule has 0 aliphatic rings. The second-order valence-corrected chi connectivity index (χ2v) is 8.18. The van der Waals surface area contributed by atoms with Gasteiger partial charge in [0.2, 0.25) is 5.75 Å². The number of aromatic nitrogens is 2. The predicted molar refractivity (Wildman–Crippen MR) is 128 cm³/mol. The lowest BCUT2D eigenvalue weighted by atomic mass is 10.1. The van der Waals surface area contributed by atoms with Crippen molar-refractivity contribution >= 4 is 0 Å². The Kier molecular flexibility index (Phi) is 12.5. The van der Waals surface area contributed by atoms with Gasteiger partial charge >= 0.3 is 5.56 Å². The first-order valence-electron chi connectivity index (χ1n) is 12.2. The number of unbranched alkanes of at least 4 members (excludes halogenated alkanes) is 10. The summed E-state index contributed by atoms with van der Waals surface area (Å²) < 4.78 is 11.4. The molecule has 1 aromatic heterocycles. The van der Waals surface area contributed by atoms with Crippen LogP contribution in [0.4, 0.5) is 0 Å². The van der Waals surface area contributed by atoms with E-state index >= 15 is 0 Å². The Bertz CT molecular complexity index is 771. The van der Waals surface area contributed by atoms with E-state index in [0.717, 1.165) is 37.2 Å². The minimum atomic E-state index is -0.330. The number of hydrogen-bond donors (Lipinski definition) is 1. The van der Waals surface area contributed by atoms with E-state index in [2.05, 4.69) is 23.8 Å². The van der Waals surface area contributed by atoms with Gasteiger partial charge in [0.15, 0.2) is 0 Å². The summed E-state index contributed by atoms with van der Waals surface area (Å²) in [5.74, 6) is 1.68. The van der Waals surface area contributed by atoms with Crippen LogP contribution in [0, 0.1) is 0 Å². The highest BCUT2D eigenvalue weighted by Gasteiger charge is 2.07. The first-order valence-corrected chi connectivity index (χ1v) is 12.2. The number of nitrogens with one attached hydrogen (secondary N) is 1. The molecule has 5 nitrogen and oxygen atoms in total. The average molecular weight is 429 g/mol. The molecule has 0 saturated carbocycles. The van der Waals surface area contributed by atoms with Gasteiger partial charge in [0, 0.05) is 5.56 Å². The molecular formula is C26H40N2O3. The maximum Gasteiger partial charge on any atom is 0.315 e. The van der Waals surface area contributed by atoms with Crippen LogP contribution >= 0.6 is 0 Å². The van der Waals surface area contributed by atoms with Crippen LogP contribution in [0.1, 0.15) is 90.9 Å². The van der Waals surface area contributed by atoms with Crippen LogP contribution in [0.3, 0.4) is 0 Å². The van der Waals surface area contributed by atoms with Gasteiger partial charge in [0.25, 0.3) is 0 Å². The van der Waals surface area contributed by atoms with Crippen LogP contribution in [0.25, 0.3) is 11.4 Å². The molecule has 0 saturated heterocycles.